The van der Waals surface area contributed by atoms with E-state index in [4.69, 9.17) is 11.6 Å². The largest absolute Gasteiger partial charge is 1.00 e. The smallest absolute Gasteiger partial charge is 0.550 e. The van der Waals surface area contributed by atoms with Crippen molar-refractivity contribution in [3.05, 3.63) is 101 Å². The Labute approximate surface area is 273 Å². The molecule has 0 unspecified atom stereocenters. The average Bonchev–Trinajstić information content (AvgIpc) is 3.28. The Morgan fingerprint density at radius 1 is 0.881 bits per heavy atom. The molecule has 3 N–H and O–H groups in total. The van der Waals surface area contributed by atoms with Crippen LogP contribution in [0.5, 0.6) is 0 Å². The minimum Gasteiger partial charge on any atom is -0.550 e. The molecule has 0 fully saturated rings. The number of aliphatic hydroxyl groups is 2. The van der Waals surface area contributed by atoms with Crippen LogP contribution in [0.25, 0.3) is 22.4 Å². The zero-order valence-electron chi connectivity index (χ0n) is 24.1. The van der Waals surface area contributed by atoms with E-state index in [-0.39, 0.29) is 54.2 Å². The summed E-state index contributed by atoms with van der Waals surface area (Å²) >= 11 is 6.24. The van der Waals surface area contributed by atoms with Gasteiger partial charge in [0.05, 0.1) is 23.5 Å². The summed E-state index contributed by atoms with van der Waals surface area (Å²) < 4.78 is 2.06. The number of aliphatic hydroxyl groups excluding tert-OH is 2. The summed E-state index contributed by atoms with van der Waals surface area (Å²) in [5, 5.41) is 35.3. The Morgan fingerprint density at radius 3 is 2.05 bits per heavy atom. The summed E-state index contributed by atoms with van der Waals surface area (Å²) in [5.74, 6) is -1.70. The fourth-order valence-corrected chi connectivity index (χ4v) is 5.32. The van der Waals surface area contributed by atoms with Crippen molar-refractivity contribution < 1.29 is 54.5 Å². The first-order chi connectivity index (χ1) is 19.7. The van der Waals surface area contributed by atoms with Gasteiger partial charge in [0.15, 0.2) is 0 Å². The van der Waals surface area contributed by atoms with E-state index in [1.165, 1.54) is 0 Å². The number of carbonyl (C=O) groups is 2. The molecule has 42 heavy (non-hydrogen) atoms. The van der Waals surface area contributed by atoms with E-state index in [0.29, 0.717) is 22.8 Å². The summed E-state index contributed by atoms with van der Waals surface area (Å²) in [6.07, 6.45) is -2.60. The van der Waals surface area contributed by atoms with Gasteiger partial charge in [-0.25, -0.2) is 0 Å². The molecule has 214 valence electrons. The normalized spacial score (nSPS) is 12.4. The molecule has 9 heteroatoms. The second-order valence-corrected chi connectivity index (χ2v) is 10.8. The molecule has 0 saturated carbocycles. The number of benzene rings is 3. The number of hydrogen-bond donors (Lipinski definition) is 3. The number of para-hydroxylation sites is 1. The van der Waals surface area contributed by atoms with Crippen molar-refractivity contribution in [2.75, 3.05) is 5.32 Å². The Kier molecular flexibility index (Phi) is 12.4. The van der Waals surface area contributed by atoms with E-state index >= 15 is 0 Å². The molecule has 4 rings (SSSR count). The monoisotopic (exact) mass is 596 g/mol. The first kappa shape index (κ1) is 33.6. The molecule has 0 spiro atoms. The van der Waals surface area contributed by atoms with Gasteiger partial charge in [-0.05, 0) is 54.2 Å². The molecule has 0 radical (unpaired) electrons. The fourth-order valence-electron chi connectivity index (χ4n) is 5.19. The Bertz CT molecular complexity index is 1470. The zero-order chi connectivity index (χ0) is 29.5. The zero-order valence-corrected chi connectivity index (χ0v) is 26.8. The Balaban J connectivity index is 0.00000484. The number of nitrogens with zero attached hydrogens (tertiary/aromatic N) is 1. The third kappa shape index (κ3) is 8.34. The van der Waals surface area contributed by atoms with Crippen LogP contribution in [-0.2, 0) is 11.3 Å². The third-order valence-corrected chi connectivity index (χ3v) is 7.17. The van der Waals surface area contributed by atoms with Crippen molar-refractivity contribution >= 4 is 29.2 Å². The molecular formula is C33H34ClN2NaO5. The summed E-state index contributed by atoms with van der Waals surface area (Å²) in [5.41, 5.74) is 5.27. The molecule has 0 aliphatic carbocycles. The van der Waals surface area contributed by atoms with Crippen LogP contribution in [0.3, 0.4) is 0 Å². The number of carboxylic acids is 1. The van der Waals surface area contributed by atoms with Gasteiger partial charge in [0.1, 0.15) is 0 Å². The average molecular weight is 597 g/mol. The topological polar surface area (TPSA) is 115 Å². The van der Waals surface area contributed by atoms with Gasteiger partial charge in [-0.15, -0.1) is 0 Å². The van der Waals surface area contributed by atoms with Crippen molar-refractivity contribution in [2.45, 2.75) is 57.8 Å². The van der Waals surface area contributed by atoms with Gasteiger partial charge in [-0.3, -0.25) is 4.79 Å². The molecule has 7 nitrogen and oxygen atoms in total. The van der Waals surface area contributed by atoms with Crippen molar-refractivity contribution in [2.24, 2.45) is 0 Å². The van der Waals surface area contributed by atoms with E-state index < -0.39 is 24.6 Å². The van der Waals surface area contributed by atoms with Gasteiger partial charge in [0.2, 0.25) is 0 Å². The van der Waals surface area contributed by atoms with Gasteiger partial charge in [-0.2, -0.15) is 0 Å². The molecule has 0 aliphatic rings. The van der Waals surface area contributed by atoms with Crippen LogP contribution < -0.4 is 40.0 Å². The second-order valence-electron chi connectivity index (χ2n) is 10.4. The Hall–Kier alpha value is -2.91. The minimum atomic E-state index is -1.37. The quantitative estimate of drug-likeness (QED) is 0.218. The van der Waals surface area contributed by atoms with Gasteiger partial charge in [-0.1, -0.05) is 86.1 Å². The maximum Gasteiger partial charge on any atom is 1.00 e. The molecule has 0 saturated heterocycles. The van der Waals surface area contributed by atoms with Crippen molar-refractivity contribution in [3.63, 3.8) is 0 Å². The van der Waals surface area contributed by atoms with Crippen molar-refractivity contribution in [3.8, 4) is 22.4 Å². The molecule has 0 aliphatic heterocycles. The van der Waals surface area contributed by atoms with Crippen LogP contribution in [0.1, 0.15) is 55.1 Å². The number of carbonyl (C=O) groups excluding carboxylic acids is 2. The Morgan fingerprint density at radius 2 is 1.48 bits per heavy atom. The first-order valence-electron chi connectivity index (χ1n) is 13.7. The molecule has 2 atom stereocenters. The van der Waals surface area contributed by atoms with Gasteiger partial charge in [0, 0.05) is 40.9 Å². The molecular weight excluding hydrogens is 563 g/mol. The number of halogens is 1. The maximum atomic E-state index is 14.1. The van der Waals surface area contributed by atoms with Gasteiger partial charge in [0.25, 0.3) is 5.91 Å². The predicted molar refractivity (Wildman–Crippen MR) is 160 cm³/mol. The maximum absolute atomic E-state index is 14.1. The number of anilines is 1. The SMILES string of the molecule is CC(C)c1c(C(=O)Nc2ccccc2)c(-c2ccccc2)c(-c2ccc(Cl)cc2)n1CC[C@@H](O)C[C@@H](O)CC(=O)[O-].[Na+]. The number of aromatic nitrogens is 1. The number of nitrogens with one attached hydrogen (secondary N) is 1. The van der Waals surface area contributed by atoms with E-state index in [0.717, 1.165) is 28.1 Å². The van der Waals surface area contributed by atoms with Crippen LogP contribution >= 0.6 is 11.6 Å². The minimum absolute atomic E-state index is 0. The molecule has 0 bridgehead atoms. The number of amides is 1. The van der Waals surface area contributed by atoms with Gasteiger partial charge < -0.3 is 30.0 Å². The number of rotatable bonds is 12. The first-order valence-corrected chi connectivity index (χ1v) is 14.0. The summed E-state index contributed by atoms with van der Waals surface area (Å²) in [6, 6.07) is 26.4. The second kappa shape index (κ2) is 15.5. The molecule has 3 aromatic carbocycles. The van der Waals surface area contributed by atoms with E-state index in [9.17, 15) is 24.9 Å². The molecule has 4 aromatic rings. The van der Waals surface area contributed by atoms with E-state index in [1.54, 1.807) is 12.1 Å². The summed E-state index contributed by atoms with van der Waals surface area (Å²) in [7, 11) is 0. The molecule has 1 aromatic heterocycles. The van der Waals surface area contributed by atoms with E-state index in [2.05, 4.69) is 9.88 Å². The van der Waals surface area contributed by atoms with E-state index in [1.807, 2.05) is 86.6 Å². The molecule has 1 amide bonds. The summed E-state index contributed by atoms with van der Waals surface area (Å²) in [6.45, 7) is 4.36. The van der Waals surface area contributed by atoms with Crippen molar-refractivity contribution in [1.29, 1.82) is 0 Å². The standard InChI is InChI=1S/C33H35ClN2O5.Na/c1-21(2)31-30(33(41)35-25-11-7-4-8-12-25)29(22-9-5-3-6-10-22)32(23-13-15-24(34)16-14-23)36(31)18-17-26(37)19-27(38)20-28(39)40;/h3-16,21,26-27,37-38H,17-20H2,1-2H3,(H,35,41)(H,39,40);/q;+1/p-1/t26-,27-;/m1./s1. The summed E-state index contributed by atoms with van der Waals surface area (Å²) in [4.78, 5) is 25.0. The molecule has 1 heterocycles. The number of hydrogen-bond acceptors (Lipinski definition) is 5. The van der Waals surface area contributed by atoms with Crippen LogP contribution in [0, 0.1) is 0 Å². The number of carboxylic acid groups (broad SMARTS) is 1. The predicted octanol–water partition coefficient (Wildman–Crippen LogP) is 2.50. The number of aliphatic carboxylic acids is 1. The van der Waals surface area contributed by atoms with Crippen LogP contribution in [0.4, 0.5) is 5.69 Å². The van der Waals surface area contributed by atoms with Crippen molar-refractivity contribution in [1.82, 2.24) is 4.57 Å². The van der Waals surface area contributed by atoms with Crippen LogP contribution in [0.15, 0.2) is 84.9 Å². The third-order valence-electron chi connectivity index (χ3n) is 6.92. The van der Waals surface area contributed by atoms with Crippen LogP contribution in [-0.4, -0.2) is 38.9 Å². The fraction of sp³-hybridized carbons (Fsp3) is 0.273. The van der Waals surface area contributed by atoms with Gasteiger partial charge >= 0.3 is 29.6 Å². The van der Waals surface area contributed by atoms with Crippen LogP contribution in [0.2, 0.25) is 5.02 Å².